The van der Waals surface area contributed by atoms with Crippen molar-refractivity contribution in [1.82, 2.24) is 14.9 Å². The number of aromatic nitrogens is 2. The minimum absolute atomic E-state index is 0.0397. The predicted octanol–water partition coefficient (Wildman–Crippen LogP) is 6.09. The Labute approximate surface area is 247 Å². The van der Waals surface area contributed by atoms with Crippen LogP contribution in [0.3, 0.4) is 0 Å². The minimum atomic E-state index is -0.632. The van der Waals surface area contributed by atoms with Gasteiger partial charge in [-0.15, -0.1) is 23.1 Å². The minimum Gasteiger partial charge on any atom is -0.494 e. The molecular weight excluding hydrogens is 562 g/mol. The van der Waals surface area contributed by atoms with Crippen molar-refractivity contribution in [2.45, 2.75) is 69.5 Å². The zero-order chi connectivity index (χ0) is 29.1. The standard InChI is InChI=1S/C29H35N5O5S2/c1-29(2,3)39-28(36)34(15-18-11-14-22-26(30-18)31-23(35)16-40-22)19-12-9-17(10-13-19)24(33-38-5)27-32-25-20(37-4)7-6-8-21(25)41-27/h6-8,11,14,17,19H,9-10,12-13,15-16H2,1-5H3,(H,30,31,35)/t17-,19-. The summed E-state index contributed by atoms with van der Waals surface area (Å²) in [4.78, 5) is 42.8. The highest BCUT2D eigenvalue weighted by Crippen LogP contribution is 2.36. The first-order valence-corrected chi connectivity index (χ1v) is 15.4. The van der Waals surface area contributed by atoms with Crippen LogP contribution in [0.5, 0.6) is 5.75 Å². The number of nitrogens with one attached hydrogen (secondary N) is 1. The number of pyridine rings is 1. The smallest absolute Gasteiger partial charge is 0.410 e. The molecular formula is C29H35N5O5S2. The second kappa shape index (κ2) is 12.2. The number of hydrogen-bond donors (Lipinski definition) is 1. The van der Waals surface area contributed by atoms with Crippen molar-refractivity contribution in [2.24, 2.45) is 11.1 Å². The van der Waals surface area contributed by atoms with Gasteiger partial charge in [-0.2, -0.15) is 0 Å². The Kier molecular flexibility index (Phi) is 8.69. The molecule has 2 aromatic heterocycles. The normalized spacial score (nSPS) is 19.3. The van der Waals surface area contributed by atoms with Gasteiger partial charge in [0.15, 0.2) is 0 Å². The van der Waals surface area contributed by atoms with E-state index in [2.05, 4.69) is 15.5 Å². The molecule has 3 heterocycles. The van der Waals surface area contributed by atoms with Gasteiger partial charge in [-0.05, 0) is 70.7 Å². The molecule has 41 heavy (non-hydrogen) atoms. The van der Waals surface area contributed by atoms with E-state index in [1.54, 1.807) is 30.5 Å². The average Bonchev–Trinajstić information content (AvgIpc) is 3.38. The largest absolute Gasteiger partial charge is 0.494 e. The van der Waals surface area contributed by atoms with Gasteiger partial charge in [0, 0.05) is 12.0 Å². The molecule has 0 bridgehead atoms. The van der Waals surface area contributed by atoms with Crippen LogP contribution in [-0.4, -0.2) is 64.2 Å². The molecule has 218 valence electrons. The van der Waals surface area contributed by atoms with Crippen LogP contribution >= 0.6 is 23.1 Å². The Hall–Kier alpha value is -3.38. The third-order valence-corrected chi connectivity index (χ3v) is 9.12. The van der Waals surface area contributed by atoms with Crippen molar-refractivity contribution < 1.29 is 23.9 Å². The fraction of sp³-hybridized carbons (Fsp3) is 0.483. The van der Waals surface area contributed by atoms with E-state index in [-0.39, 0.29) is 30.5 Å². The number of carbonyl (C=O) groups is 2. The van der Waals surface area contributed by atoms with Crippen LogP contribution in [0, 0.1) is 5.92 Å². The molecule has 0 saturated heterocycles. The summed E-state index contributed by atoms with van der Waals surface area (Å²) in [7, 11) is 3.20. The third kappa shape index (κ3) is 6.75. The Balaban J connectivity index is 1.35. The second-order valence-corrected chi connectivity index (χ2v) is 13.1. The zero-order valence-corrected chi connectivity index (χ0v) is 25.6. The highest BCUT2D eigenvalue weighted by molar-refractivity contribution is 8.00. The molecule has 1 aromatic carbocycles. The number of methoxy groups -OCH3 is 1. The van der Waals surface area contributed by atoms with Gasteiger partial charge in [-0.25, -0.2) is 14.8 Å². The van der Waals surface area contributed by atoms with E-state index in [4.69, 9.17) is 19.3 Å². The number of ether oxygens (including phenoxy) is 2. The summed E-state index contributed by atoms with van der Waals surface area (Å²) in [6, 6.07) is 9.71. The fourth-order valence-electron chi connectivity index (χ4n) is 5.18. The van der Waals surface area contributed by atoms with Crippen molar-refractivity contribution in [3.63, 3.8) is 0 Å². The molecule has 10 nitrogen and oxygen atoms in total. The van der Waals surface area contributed by atoms with Crippen molar-refractivity contribution in [1.29, 1.82) is 0 Å². The number of hydrogen-bond acceptors (Lipinski definition) is 10. The summed E-state index contributed by atoms with van der Waals surface area (Å²) in [6.45, 7) is 5.88. The first-order chi connectivity index (χ1) is 19.6. The monoisotopic (exact) mass is 597 g/mol. The lowest BCUT2D eigenvalue weighted by molar-refractivity contribution is -0.113. The molecule has 2 aliphatic rings. The number of para-hydroxylation sites is 1. The number of thiazole rings is 1. The van der Waals surface area contributed by atoms with E-state index in [1.165, 1.54) is 11.8 Å². The van der Waals surface area contributed by atoms with Gasteiger partial charge in [-0.3, -0.25) is 9.69 Å². The zero-order valence-electron chi connectivity index (χ0n) is 23.9. The number of rotatable bonds is 7. The summed E-state index contributed by atoms with van der Waals surface area (Å²) in [5.41, 5.74) is 1.70. The van der Waals surface area contributed by atoms with Gasteiger partial charge in [0.1, 0.15) is 40.5 Å². The maximum absolute atomic E-state index is 13.4. The fourth-order valence-corrected chi connectivity index (χ4v) is 6.97. The Morgan fingerprint density at radius 3 is 2.61 bits per heavy atom. The molecule has 0 atom stereocenters. The van der Waals surface area contributed by atoms with Crippen molar-refractivity contribution in [3.8, 4) is 5.75 Å². The number of thioether (sulfide) groups is 1. The summed E-state index contributed by atoms with van der Waals surface area (Å²) < 4.78 is 12.3. The van der Waals surface area contributed by atoms with E-state index in [1.807, 2.05) is 51.1 Å². The topological polar surface area (TPSA) is 115 Å². The SMILES string of the molecule is CON=C(c1nc2c(OC)cccc2s1)[C@H]1CC[C@H](N(Cc2ccc3c(n2)NC(=O)CS3)C(=O)OC(C)(C)C)CC1. The summed E-state index contributed by atoms with van der Waals surface area (Å²) in [5, 5.41) is 8.07. The highest BCUT2D eigenvalue weighted by Gasteiger charge is 2.35. The van der Waals surface area contributed by atoms with E-state index in [0.29, 0.717) is 17.3 Å². The predicted molar refractivity (Wildman–Crippen MR) is 161 cm³/mol. The summed E-state index contributed by atoms with van der Waals surface area (Å²) in [6.07, 6.45) is 2.77. The molecule has 1 fully saturated rings. The van der Waals surface area contributed by atoms with Gasteiger partial charge in [0.25, 0.3) is 0 Å². The lowest BCUT2D eigenvalue weighted by Gasteiger charge is -2.37. The van der Waals surface area contributed by atoms with Crippen molar-refractivity contribution in [2.75, 3.05) is 25.3 Å². The average molecular weight is 598 g/mol. The van der Waals surface area contributed by atoms with Crippen molar-refractivity contribution >= 4 is 56.8 Å². The quantitative estimate of drug-likeness (QED) is 0.257. The maximum atomic E-state index is 13.4. The molecule has 1 aliphatic carbocycles. The number of carbonyl (C=O) groups excluding carboxylic acids is 2. The maximum Gasteiger partial charge on any atom is 0.410 e. The highest BCUT2D eigenvalue weighted by atomic mass is 32.2. The van der Waals surface area contributed by atoms with Gasteiger partial charge in [0.05, 0.1) is 34.7 Å². The van der Waals surface area contributed by atoms with E-state index >= 15 is 0 Å². The van der Waals surface area contributed by atoms with Crippen LogP contribution < -0.4 is 10.1 Å². The molecule has 12 heteroatoms. The molecule has 2 amide bonds. The molecule has 1 N–H and O–H groups in total. The molecule has 3 aromatic rings. The number of benzene rings is 1. The van der Waals surface area contributed by atoms with Crippen LogP contribution in [0.25, 0.3) is 10.2 Å². The molecule has 5 rings (SSSR count). The lowest BCUT2D eigenvalue weighted by atomic mass is 9.82. The van der Waals surface area contributed by atoms with E-state index in [0.717, 1.165) is 57.3 Å². The van der Waals surface area contributed by atoms with Gasteiger partial charge < -0.3 is 19.6 Å². The van der Waals surface area contributed by atoms with Gasteiger partial charge in [0.2, 0.25) is 5.91 Å². The second-order valence-electron chi connectivity index (χ2n) is 11.1. The van der Waals surface area contributed by atoms with Crippen LogP contribution in [-0.2, 0) is 20.9 Å². The molecule has 1 saturated carbocycles. The number of nitrogens with zero attached hydrogens (tertiary/aromatic N) is 4. The third-order valence-electron chi connectivity index (χ3n) is 7.03. The lowest BCUT2D eigenvalue weighted by Crippen LogP contribution is -2.45. The molecule has 0 spiro atoms. The van der Waals surface area contributed by atoms with E-state index in [9.17, 15) is 9.59 Å². The molecule has 1 aliphatic heterocycles. The number of anilines is 1. The van der Waals surface area contributed by atoms with Crippen LogP contribution in [0.1, 0.15) is 57.2 Å². The Morgan fingerprint density at radius 1 is 1.12 bits per heavy atom. The van der Waals surface area contributed by atoms with Crippen LogP contribution in [0.15, 0.2) is 40.4 Å². The van der Waals surface area contributed by atoms with Gasteiger partial charge >= 0.3 is 6.09 Å². The molecule has 0 unspecified atom stereocenters. The molecule has 0 radical (unpaired) electrons. The van der Waals surface area contributed by atoms with Crippen LogP contribution in [0.4, 0.5) is 10.6 Å². The van der Waals surface area contributed by atoms with E-state index < -0.39 is 5.60 Å². The Bertz CT molecular complexity index is 1460. The number of amides is 2. The number of oxime groups is 1. The number of fused-ring (bicyclic) bond motifs is 2. The Morgan fingerprint density at radius 2 is 1.90 bits per heavy atom. The van der Waals surface area contributed by atoms with Crippen LogP contribution in [0.2, 0.25) is 0 Å². The first-order valence-electron chi connectivity index (χ1n) is 13.6. The summed E-state index contributed by atoms with van der Waals surface area (Å²) >= 11 is 3.04. The van der Waals surface area contributed by atoms with Crippen molar-refractivity contribution in [3.05, 3.63) is 41.0 Å². The summed E-state index contributed by atoms with van der Waals surface area (Å²) in [5.74, 6) is 1.71. The van der Waals surface area contributed by atoms with Gasteiger partial charge in [-0.1, -0.05) is 11.2 Å². The first kappa shape index (κ1) is 29.1.